The minimum absolute atomic E-state index is 0.321. The highest BCUT2D eigenvalue weighted by molar-refractivity contribution is 5.90. The number of carbonyl (C=O) groups is 1. The number of ether oxygens (including phenoxy) is 1. The number of aromatic nitrogens is 3. The van der Waals surface area contributed by atoms with Gasteiger partial charge in [-0.05, 0) is 20.8 Å². The van der Waals surface area contributed by atoms with Gasteiger partial charge in [0.1, 0.15) is 5.76 Å². The minimum Gasteiger partial charge on any atom is -0.462 e. The Kier molecular flexibility index (Phi) is 4.29. The van der Waals surface area contributed by atoms with Gasteiger partial charge in [-0.3, -0.25) is 0 Å². The van der Waals surface area contributed by atoms with Crippen LogP contribution < -0.4 is 5.32 Å². The topological polar surface area (TPSA) is 90.1 Å². The van der Waals surface area contributed by atoms with Crippen LogP contribution in [0.5, 0.6) is 0 Å². The van der Waals surface area contributed by atoms with Crippen molar-refractivity contribution < 1.29 is 13.9 Å². The molecule has 0 amide bonds. The third kappa shape index (κ3) is 3.31. The molecule has 0 radical (unpaired) electrons. The molecule has 0 spiro atoms. The summed E-state index contributed by atoms with van der Waals surface area (Å²) in [7, 11) is 0. The zero-order valence-corrected chi connectivity index (χ0v) is 11.6. The van der Waals surface area contributed by atoms with E-state index in [9.17, 15) is 4.79 Å². The molecule has 0 aliphatic carbocycles. The van der Waals surface area contributed by atoms with Crippen LogP contribution in [-0.2, 0) is 11.3 Å². The number of anilines is 1. The van der Waals surface area contributed by atoms with Crippen LogP contribution in [0.2, 0.25) is 0 Å². The Balaban J connectivity index is 2.03. The van der Waals surface area contributed by atoms with Crippen LogP contribution in [0.3, 0.4) is 0 Å². The Morgan fingerprint density at radius 1 is 1.35 bits per heavy atom. The van der Waals surface area contributed by atoms with E-state index in [-0.39, 0.29) is 0 Å². The van der Waals surface area contributed by atoms with E-state index in [4.69, 9.17) is 9.15 Å². The average Bonchev–Trinajstić information content (AvgIpc) is 2.82. The van der Waals surface area contributed by atoms with Crippen LogP contribution >= 0.6 is 0 Å². The maximum Gasteiger partial charge on any atom is 0.341 e. The summed E-state index contributed by atoms with van der Waals surface area (Å²) < 4.78 is 10.2. The van der Waals surface area contributed by atoms with E-state index in [1.165, 1.54) is 6.20 Å². The molecule has 0 saturated heterocycles. The van der Waals surface area contributed by atoms with Crippen LogP contribution in [-0.4, -0.2) is 27.5 Å². The fourth-order valence-corrected chi connectivity index (χ4v) is 1.60. The number of hydrogen-bond acceptors (Lipinski definition) is 7. The number of esters is 1. The smallest absolute Gasteiger partial charge is 0.341 e. The second-order valence-corrected chi connectivity index (χ2v) is 4.13. The first-order valence-electron chi connectivity index (χ1n) is 6.26. The summed E-state index contributed by atoms with van der Waals surface area (Å²) in [6.07, 6.45) is 3.09. The predicted molar refractivity (Wildman–Crippen MR) is 71.3 cm³/mol. The number of nitrogens with zero attached hydrogens (tertiary/aromatic N) is 3. The Labute approximate surface area is 116 Å². The van der Waals surface area contributed by atoms with Gasteiger partial charge >= 0.3 is 5.97 Å². The quantitative estimate of drug-likeness (QED) is 0.833. The molecule has 0 aliphatic rings. The highest BCUT2D eigenvalue weighted by atomic mass is 16.5. The number of rotatable bonds is 5. The highest BCUT2D eigenvalue weighted by Crippen LogP contribution is 2.10. The van der Waals surface area contributed by atoms with Gasteiger partial charge in [-0.1, -0.05) is 0 Å². The van der Waals surface area contributed by atoms with Gasteiger partial charge in [-0.2, -0.15) is 0 Å². The Morgan fingerprint density at radius 2 is 2.15 bits per heavy atom. The number of oxazole rings is 1. The average molecular weight is 276 g/mol. The van der Waals surface area contributed by atoms with Gasteiger partial charge in [-0.25, -0.2) is 19.7 Å². The first-order valence-corrected chi connectivity index (χ1v) is 6.26. The van der Waals surface area contributed by atoms with E-state index >= 15 is 0 Å². The summed E-state index contributed by atoms with van der Waals surface area (Å²) in [5.74, 6) is 1.29. The third-order valence-corrected chi connectivity index (χ3v) is 2.54. The van der Waals surface area contributed by atoms with E-state index < -0.39 is 5.97 Å². The summed E-state index contributed by atoms with van der Waals surface area (Å²) in [6.45, 7) is 6.01. The first-order chi connectivity index (χ1) is 9.60. The molecule has 106 valence electrons. The number of carbonyl (C=O) groups excluding carboxylic acids is 1. The van der Waals surface area contributed by atoms with Crippen molar-refractivity contribution in [3.63, 3.8) is 0 Å². The fourth-order valence-electron chi connectivity index (χ4n) is 1.60. The lowest BCUT2D eigenvalue weighted by atomic mass is 10.2. The molecule has 7 heteroatoms. The molecule has 0 aromatic carbocycles. The lowest BCUT2D eigenvalue weighted by Gasteiger charge is -2.07. The molecule has 0 fully saturated rings. The second-order valence-electron chi connectivity index (χ2n) is 4.13. The van der Waals surface area contributed by atoms with Crippen molar-refractivity contribution in [1.82, 2.24) is 15.0 Å². The van der Waals surface area contributed by atoms with Crippen LogP contribution in [0.1, 0.15) is 34.6 Å². The van der Waals surface area contributed by atoms with E-state index in [1.807, 2.05) is 6.92 Å². The molecule has 2 aromatic heterocycles. The molecule has 0 bridgehead atoms. The molecule has 2 aromatic rings. The van der Waals surface area contributed by atoms with Crippen molar-refractivity contribution in [1.29, 1.82) is 0 Å². The lowest BCUT2D eigenvalue weighted by Crippen LogP contribution is -2.11. The monoisotopic (exact) mass is 276 g/mol. The molecular formula is C13H16N4O3. The molecule has 1 N–H and O–H groups in total. The molecule has 0 saturated carbocycles. The molecule has 0 atom stereocenters. The molecular weight excluding hydrogens is 260 g/mol. The predicted octanol–water partition coefficient (Wildman–Crippen LogP) is 1.87. The van der Waals surface area contributed by atoms with Crippen molar-refractivity contribution in [3.8, 4) is 0 Å². The molecule has 0 unspecified atom stereocenters. The zero-order chi connectivity index (χ0) is 14.5. The molecule has 2 heterocycles. The van der Waals surface area contributed by atoms with Crippen LogP contribution in [0, 0.1) is 13.8 Å². The third-order valence-electron chi connectivity index (χ3n) is 2.54. The summed E-state index contributed by atoms with van der Waals surface area (Å²) in [6, 6.07) is 0. The van der Waals surface area contributed by atoms with Gasteiger partial charge in [0.15, 0.2) is 0 Å². The van der Waals surface area contributed by atoms with Gasteiger partial charge in [0, 0.05) is 6.20 Å². The maximum atomic E-state index is 11.6. The van der Waals surface area contributed by atoms with Gasteiger partial charge < -0.3 is 14.5 Å². The Hall–Kier alpha value is -2.44. The van der Waals surface area contributed by atoms with E-state index in [0.29, 0.717) is 36.2 Å². The zero-order valence-electron chi connectivity index (χ0n) is 11.6. The standard InChI is InChI=1S/C13H16N4O3/c1-4-19-12(18)10-6-15-13(17-9(10)3)16-7-11-14-5-8(2)20-11/h5-6H,4,7H2,1-3H3,(H,15,16,17). The summed E-state index contributed by atoms with van der Waals surface area (Å²) in [5.41, 5.74) is 0.925. The number of nitrogens with one attached hydrogen (secondary N) is 1. The molecule has 2 rings (SSSR count). The van der Waals surface area contributed by atoms with Crippen molar-refractivity contribution in [2.45, 2.75) is 27.3 Å². The van der Waals surface area contributed by atoms with Gasteiger partial charge in [0.05, 0.1) is 30.6 Å². The first kappa shape index (κ1) is 14.0. The minimum atomic E-state index is -0.417. The summed E-state index contributed by atoms with van der Waals surface area (Å²) >= 11 is 0. The molecule has 20 heavy (non-hydrogen) atoms. The van der Waals surface area contributed by atoms with Crippen LogP contribution in [0.25, 0.3) is 0 Å². The highest BCUT2D eigenvalue weighted by Gasteiger charge is 2.12. The SMILES string of the molecule is CCOC(=O)c1cnc(NCc2ncc(C)o2)nc1C. The lowest BCUT2D eigenvalue weighted by molar-refractivity contribution is 0.0524. The maximum absolute atomic E-state index is 11.6. The van der Waals surface area contributed by atoms with Crippen molar-refractivity contribution in [2.75, 3.05) is 11.9 Å². The van der Waals surface area contributed by atoms with E-state index in [2.05, 4.69) is 20.3 Å². The Bertz CT molecular complexity index is 609. The number of aryl methyl sites for hydroxylation is 2. The van der Waals surface area contributed by atoms with Gasteiger partial charge in [0.25, 0.3) is 0 Å². The molecule has 7 nitrogen and oxygen atoms in total. The summed E-state index contributed by atoms with van der Waals surface area (Å²) in [5, 5.41) is 2.98. The largest absolute Gasteiger partial charge is 0.462 e. The van der Waals surface area contributed by atoms with Crippen LogP contribution in [0.4, 0.5) is 5.95 Å². The van der Waals surface area contributed by atoms with Gasteiger partial charge in [0.2, 0.25) is 11.8 Å². The van der Waals surface area contributed by atoms with Crippen LogP contribution in [0.15, 0.2) is 16.8 Å². The van der Waals surface area contributed by atoms with Crippen molar-refractivity contribution in [3.05, 3.63) is 35.3 Å². The Morgan fingerprint density at radius 3 is 2.75 bits per heavy atom. The molecule has 0 aliphatic heterocycles. The van der Waals surface area contributed by atoms with Gasteiger partial charge in [-0.15, -0.1) is 0 Å². The van der Waals surface area contributed by atoms with E-state index in [1.54, 1.807) is 20.0 Å². The summed E-state index contributed by atoms with van der Waals surface area (Å²) in [4.78, 5) is 24.0. The normalized spacial score (nSPS) is 10.3. The second kappa shape index (κ2) is 6.14. The van der Waals surface area contributed by atoms with E-state index in [0.717, 1.165) is 5.76 Å². The fraction of sp³-hybridized carbons (Fsp3) is 0.385. The van der Waals surface area contributed by atoms with Crippen molar-refractivity contribution in [2.24, 2.45) is 0 Å². The number of hydrogen-bond donors (Lipinski definition) is 1. The van der Waals surface area contributed by atoms with Crippen molar-refractivity contribution >= 4 is 11.9 Å².